The predicted octanol–water partition coefficient (Wildman–Crippen LogP) is 3.73. The van der Waals surface area contributed by atoms with E-state index in [-0.39, 0.29) is 5.91 Å². The molecule has 0 saturated carbocycles. The average Bonchev–Trinajstić information content (AvgIpc) is 2.41. The van der Waals surface area contributed by atoms with Crippen molar-refractivity contribution in [2.45, 2.75) is 5.88 Å². The molecule has 92 valence electrons. The number of aromatic nitrogens is 1. The summed E-state index contributed by atoms with van der Waals surface area (Å²) >= 11 is 11.3. The van der Waals surface area contributed by atoms with Gasteiger partial charge < -0.3 is 5.32 Å². The molecule has 1 aromatic carbocycles. The smallest absolute Gasteiger partial charge is 0.255 e. The van der Waals surface area contributed by atoms with E-state index in [1.807, 2.05) is 12.1 Å². The topological polar surface area (TPSA) is 42.0 Å². The number of rotatable bonds is 3. The highest BCUT2D eigenvalue weighted by Crippen LogP contribution is 2.12. The highest BCUT2D eigenvalue weighted by Gasteiger charge is 2.06. The minimum Gasteiger partial charge on any atom is -0.321 e. The number of nitrogens with zero attached hydrogens (tertiary/aromatic N) is 1. The molecule has 0 unspecified atom stereocenters. The molecule has 2 rings (SSSR count). The molecular weight excluding hydrogens is 271 g/mol. The lowest BCUT2D eigenvalue weighted by molar-refractivity contribution is 0.102. The molecular formula is C13H10Cl2N2O. The molecule has 1 amide bonds. The number of halogens is 2. The zero-order valence-corrected chi connectivity index (χ0v) is 10.9. The van der Waals surface area contributed by atoms with Crippen LogP contribution in [0.25, 0.3) is 0 Å². The first-order valence-corrected chi connectivity index (χ1v) is 6.18. The number of alkyl halides is 1. The Morgan fingerprint density at radius 1 is 1.17 bits per heavy atom. The van der Waals surface area contributed by atoms with Crippen LogP contribution < -0.4 is 5.32 Å². The lowest BCUT2D eigenvalue weighted by Crippen LogP contribution is -2.11. The Morgan fingerprint density at radius 2 is 1.89 bits per heavy atom. The van der Waals surface area contributed by atoms with Gasteiger partial charge in [0.2, 0.25) is 0 Å². The summed E-state index contributed by atoms with van der Waals surface area (Å²) in [5.41, 5.74) is 2.14. The monoisotopic (exact) mass is 280 g/mol. The summed E-state index contributed by atoms with van der Waals surface area (Å²) in [6.07, 6.45) is 1.51. The predicted molar refractivity (Wildman–Crippen MR) is 73.2 cm³/mol. The maximum absolute atomic E-state index is 11.9. The van der Waals surface area contributed by atoms with Gasteiger partial charge in [0.25, 0.3) is 5.91 Å². The van der Waals surface area contributed by atoms with Gasteiger partial charge in [-0.3, -0.25) is 4.79 Å². The third-order valence-corrected chi connectivity index (χ3v) is 2.89. The molecule has 0 bridgehead atoms. The summed E-state index contributed by atoms with van der Waals surface area (Å²) in [4.78, 5) is 15.8. The molecule has 1 N–H and O–H groups in total. The van der Waals surface area contributed by atoms with Gasteiger partial charge in [0.05, 0.1) is 11.9 Å². The summed E-state index contributed by atoms with van der Waals surface area (Å²) in [6, 6.07) is 10.4. The van der Waals surface area contributed by atoms with Gasteiger partial charge in [-0.25, -0.2) is 4.98 Å². The maximum Gasteiger partial charge on any atom is 0.255 e. The van der Waals surface area contributed by atoms with Crippen molar-refractivity contribution in [1.82, 2.24) is 4.98 Å². The van der Waals surface area contributed by atoms with Gasteiger partial charge in [-0.2, -0.15) is 0 Å². The summed E-state index contributed by atoms with van der Waals surface area (Å²) in [5, 5.41) is 3.12. The van der Waals surface area contributed by atoms with Gasteiger partial charge in [0.1, 0.15) is 5.15 Å². The molecule has 0 aliphatic carbocycles. The zero-order chi connectivity index (χ0) is 13.0. The lowest BCUT2D eigenvalue weighted by atomic mass is 10.1. The molecule has 0 aliphatic rings. The Bertz CT molecular complexity index is 538. The van der Waals surface area contributed by atoms with Gasteiger partial charge in [-0.15, -0.1) is 11.6 Å². The van der Waals surface area contributed by atoms with E-state index in [0.29, 0.717) is 22.3 Å². The number of carbonyl (C=O) groups is 1. The number of nitrogens with one attached hydrogen (secondary N) is 1. The Labute approximate surface area is 115 Å². The van der Waals surface area contributed by atoms with Crippen LogP contribution in [0.2, 0.25) is 5.15 Å². The molecule has 5 heteroatoms. The Morgan fingerprint density at radius 3 is 2.44 bits per heavy atom. The van der Waals surface area contributed by atoms with Crippen LogP contribution in [0.1, 0.15) is 15.9 Å². The van der Waals surface area contributed by atoms with E-state index >= 15 is 0 Å². The molecule has 0 saturated heterocycles. The van der Waals surface area contributed by atoms with Gasteiger partial charge in [0.15, 0.2) is 0 Å². The number of amides is 1. The fourth-order valence-corrected chi connectivity index (χ4v) is 1.69. The zero-order valence-electron chi connectivity index (χ0n) is 9.36. The second kappa shape index (κ2) is 5.85. The molecule has 2 aromatic rings. The molecule has 0 spiro atoms. The Kier molecular flexibility index (Phi) is 4.18. The van der Waals surface area contributed by atoms with Crippen LogP contribution in [-0.2, 0) is 5.88 Å². The molecule has 3 nitrogen and oxygen atoms in total. The van der Waals surface area contributed by atoms with E-state index < -0.39 is 0 Å². The Hall–Kier alpha value is -1.58. The molecule has 0 radical (unpaired) electrons. The van der Waals surface area contributed by atoms with Crippen molar-refractivity contribution in [2.24, 2.45) is 0 Å². The number of benzene rings is 1. The minimum atomic E-state index is -0.194. The molecule has 0 aliphatic heterocycles. The van der Waals surface area contributed by atoms with E-state index in [2.05, 4.69) is 10.3 Å². The average molecular weight is 281 g/mol. The van der Waals surface area contributed by atoms with E-state index in [1.54, 1.807) is 24.3 Å². The van der Waals surface area contributed by atoms with Crippen LogP contribution in [0.4, 0.5) is 5.69 Å². The van der Waals surface area contributed by atoms with Crippen molar-refractivity contribution in [3.63, 3.8) is 0 Å². The van der Waals surface area contributed by atoms with Gasteiger partial charge >= 0.3 is 0 Å². The largest absolute Gasteiger partial charge is 0.321 e. The van der Waals surface area contributed by atoms with Crippen molar-refractivity contribution in [3.8, 4) is 0 Å². The van der Waals surface area contributed by atoms with E-state index in [4.69, 9.17) is 23.2 Å². The van der Waals surface area contributed by atoms with Crippen LogP contribution in [0, 0.1) is 0 Å². The first-order chi connectivity index (χ1) is 8.69. The first-order valence-electron chi connectivity index (χ1n) is 5.27. The van der Waals surface area contributed by atoms with E-state index in [1.165, 1.54) is 6.20 Å². The highest BCUT2D eigenvalue weighted by atomic mass is 35.5. The van der Waals surface area contributed by atoms with E-state index in [0.717, 1.165) is 5.56 Å². The Balaban J connectivity index is 2.09. The highest BCUT2D eigenvalue weighted by molar-refractivity contribution is 6.29. The quantitative estimate of drug-likeness (QED) is 0.688. The third-order valence-electron chi connectivity index (χ3n) is 2.36. The number of hydrogen-bond acceptors (Lipinski definition) is 2. The SMILES string of the molecule is O=C(Nc1ccc(Cl)nc1)c1ccc(CCl)cc1. The van der Waals surface area contributed by atoms with Gasteiger partial charge in [-0.05, 0) is 29.8 Å². The molecule has 1 heterocycles. The van der Waals surface area contributed by atoms with Crippen molar-refractivity contribution >= 4 is 34.8 Å². The van der Waals surface area contributed by atoms with Crippen molar-refractivity contribution in [3.05, 3.63) is 58.9 Å². The lowest BCUT2D eigenvalue weighted by Gasteiger charge is -2.05. The first kappa shape index (κ1) is 12.9. The molecule has 18 heavy (non-hydrogen) atoms. The fraction of sp³-hybridized carbons (Fsp3) is 0.0769. The minimum absolute atomic E-state index is 0.194. The summed E-state index contributed by atoms with van der Waals surface area (Å²) in [6.45, 7) is 0. The van der Waals surface area contributed by atoms with Crippen LogP contribution in [0.3, 0.4) is 0 Å². The number of hydrogen-bond donors (Lipinski definition) is 1. The summed E-state index contributed by atoms with van der Waals surface area (Å²) in [7, 11) is 0. The van der Waals surface area contributed by atoms with E-state index in [9.17, 15) is 4.79 Å². The van der Waals surface area contributed by atoms with Crippen molar-refractivity contribution < 1.29 is 4.79 Å². The van der Waals surface area contributed by atoms with Gasteiger partial charge in [-0.1, -0.05) is 23.7 Å². The second-order valence-electron chi connectivity index (χ2n) is 3.65. The molecule has 0 atom stereocenters. The number of carbonyl (C=O) groups excluding carboxylic acids is 1. The maximum atomic E-state index is 11.9. The van der Waals surface area contributed by atoms with Crippen LogP contribution in [0.15, 0.2) is 42.6 Å². The van der Waals surface area contributed by atoms with Crippen molar-refractivity contribution in [2.75, 3.05) is 5.32 Å². The molecule has 1 aromatic heterocycles. The van der Waals surface area contributed by atoms with Crippen molar-refractivity contribution in [1.29, 1.82) is 0 Å². The fourth-order valence-electron chi connectivity index (χ4n) is 1.40. The summed E-state index contributed by atoms with van der Waals surface area (Å²) < 4.78 is 0. The normalized spacial score (nSPS) is 10.1. The van der Waals surface area contributed by atoms with Crippen LogP contribution in [0.5, 0.6) is 0 Å². The molecule has 0 fully saturated rings. The third kappa shape index (κ3) is 3.22. The number of anilines is 1. The summed E-state index contributed by atoms with van der Waals surface area (Å²) in [5.74, 6) is 0.239. The van der Waals surface area contributed by atoms with Gasteiger partial charge in [0, 0.05) is 11.4 Å². The van der Waals surface area contributed by atoms with Crippen LogP contribution in [-0.4, -0.2) is 10.9 Å². The second-order valence-corrected chi connectivity index (χ2v) is 4.31. The standard InChI is InChI=1S/C13H10Cl2N2O/c14-7-9-1-3-10(4-2-9)13(18)17-11-5-6-12(15)16-8-11/h1-6,8H,7H2,(H,17,18). The number of pyridine rings is 1. The van der Waals surface area contributed by atoms with Crippen LogP contribution >= 0.6 is 23.2 Å².